The summed E-state index contributed by atoms with van der Waals surface area (Å²) in [5.41, 5.74) is -0.428. The molecule has 0 aliphatic carbocycles. The van der Waals surface area contributed by atoms with Crippen molar-refractivity contribution in [3.63, 3.8) is 0 Å². The Morgan fingerprint density at radius 3 is 2.72 bits per heavy atom. The molecule has 1 aromatic carbocycles. The Kier molecular flexibility index (Phi) is 3.56. The van der Waals surface area contributed by atoms with Gasteiger partial charge in [0.1, 0.15) is 0 Å². The zero-order valence-electron chi connectivity index (χ0n) is 9.84. The van der Waals surface area contributed by atoms with Crippen LogP contribution in [0.3, 0.4) is 0 Å². The molecule has 1 N–H and O–H groups in total. The summed E-state index contributed by atoms with van der Waals surface area (Å²) in [6.07, 6.45) is 0. The minimum atomic E-state index is -1.61. The number of carbonyl (C=O) groups is 1. The van der Waals surface area contributed by atoms with E-state index in [1.807, 2.05) is 6.92 Å². The van der Waals surface area contributed by atoms with Crippen molar-refractivity contribution >= 4 is 5.91 Å². The Morgan fingerprint density at radius 2 is 2.06 bits per heavy atom. The summed E-state index contributed by atoms with van der Waals surface area (Å²) in [5, 5.41) is 3.13. The number of nitrogens with one attached hydrogen (secondary N) is 1. The molecular weight excluding hydrogens is 245 g/mol. The number of hydrogen-bond acceptors (Lipinski definition) is 2. The molecule has 18 heavy (non-hydrogen) atoms. The van der Waals surface area contributed by atoms with Crippen LogP contribution in [0.4, 0.5) is 13.2 Å². The zero-order valence-corrected chi connectivity index (χ0v) is 9.84. The molecule has 0 saturated carbocycles. The van der Waals surface area contributed by atoms with Crippen molar-refractivity contribution in [2.75, 3.05) is 19.6 Å². The van der Waals surface area contributed by atoms with Crippen LogP contribution in [-0.2, 0) is 0 Å². The van der Waals surface area contributed by atoms with Gasteiger partial charge in [-0.3, -0.25) is 4.79 Å². The number of halogens is 3. The van der Waals surface area contributed by atoms with Crippen molar-refractivity contribution in [2.45, 2.75) is 13.0 Å². The first kappa shape index (κ1) is 12.9. The van der Waals surface area contributed by atoms with Crippen molar-refractivity contribution < 1.29 is 18.0 Å². The second-order valence-corrected chi connectivity index (χ2v) is 4.33. The number of benzene rings is 1. The molecule has 0 bridgehead atoms. The first-order chi connectivity index (χ1) is 8.50. The summed E-state index contributed by atoms with van der Waals surface area (Å²) >= 11 is 0. The molecule has 0 unspecified atom stereocenters. The average molecular weight is 258 g/mol. The van der Waals surface area contributed by atoms with Crippen LogP contribution in [0.1, 0.15) is 17.3 Å². The molecule has 1 aliphatic heterocycles. The molecule has 6 heteroatoms. The Hall–Kier alpha value is -1.56. The zero-order chi connectivity index (χ0) is 13.3. The highest BCUT2D eigenvalue weighted by atomic mass is 19.2. The Morgan fingerprint density at radius 1 is 1.33 bits per heavy atom. The molecule has 1 heterocycles. The van der Waals surface area contributed by atoms with Gasteiger partial charge in [-0.25, -0.2) is 13.2 Å². The number of rotatable bonds is 1. The van der Waals surface area contributed by atoms with Crippen molar-refractivity contribution in [3.8, 4) is 0 Å². The van der Waals surface area contributed by atoms with Crippen LogP contribution in [-0.4, -0.2) is 36.5 Å². The summed E-state index contributed by atoms with van der Waals surface area (Å²) in [7, 11) is 0. The van der Waals surface area contributed by atoms with Gasteiger partial charge < -0.3 is 10.2 Å². The predicted molar refractivity (Wildman–Crippen MR) is 59.7 cm³/mol. The fourth-order valence-corrected chi connectivity index (χ4v) is 1.98. The topological polar surface area (TPSA) is 32.3 Å². The molecule has 0 radical (unpaired) electrons. The van der Waals surface area contributed by atoms with Gasteiger partial charge in [0.15, 0.2) is 17.5 Å². The summed E-state index contributed by atoms with van der Waals surface area (Å²) < 4.78 is 39.3. The number of amides is 1. The quantitative estimate of drug-likeness (QED) is 0.775. The van der Waals surface area contributed by atoms with Gasteiger partial charge in [0, 0.05) is 25.7 Å². The maximum absolute atomic E-state index is 13.5. The van der Waals surface area contributed by atoms with E-state index in [2.05, 4.69) is 5.32 Å². The molecule has 3 nitrogen and oxygen atoms in total. The highest BCUT2D eigenvalue weighted by Gasteiger charge is 2.26. The lowest BCUT2D eigenvalue weighted by atomic mass is 10.1. The van der Waals surface area contributed by atoms with Crippen molar-refractivity contribution in [3.05, 3.63) is 35.1 Å². The molecule has 1 amide bonds. The first-order valence-corrected chi connectivity index (χ1v) is 5.67. The second-order valence-electron chi connectivity index (χ2n) is 4.33. The minimum Gasteiger partial charge on any atom is -0.336 e. The van der Waals surface area contributed by atoms with Gasteiger partial charge in [0.2, 0.25) is 0 Å². The molecule has 1 fully saturated rings. The van der Waals surface area contributed by atoms with Gasteiger partial charge in [0.25, 0.3) is 5.91 Å². The lowest BCUT2D eigenvalue weighted by molar-refractivity contribution is 0.0703. The van der Waals surface area contributed by atoms with Crippen molar-refractivity contribution in [1.82, 2.24) is 10.2 Å². The van der Waals surface area contributed by atoms with E-state index < -0.39 is 28.9 Å². The molecule has 1 aromatic rings. The smallest absolute Gasteiger partial charge is 0.257 e. The van der Waals surface area contributed by atoms with E-state index in [1.54, 1.807) is 0 Å². The number of nitrogens with zero attached hydrogens (tertiary/aromatic N) is 1. The number of hydrogen-bond donors (Lipinski definition) is 1. The van der Waals surface area contributed by atoms with Crippen LogP contribution < -0.4 is 5.32 Å². The molecule has 2 rings (SSSR count). The van der Waals surface area contributed by atoms with Gasteiger partial charge in [-0.15, -0.1) is 0 Å². The van der Waals surface area contributed by atoms with Crippen molar-refractivity contribution in [2.24, 2.45) is 0 Å². The van der Waals surface area contributed by atoms with Gasteiger partial charge >= 0.3 is 0 Å². The van der Waals surface area contributed by atoms with E-state index in [1.165, 1.54) is 4.90 Å². The largest absolute Gasteiger partial charge is 0.336 e. The van der Waals surface area contributed by atoms with E-state index in [0.717, 1.165) is 12.1 Å². The van der Waals surface area contributed by atoms with Crippen LogP contribution >= 0.6 is 0 Å². The fraction of sp³-hybridized carbons (Fsp3) is 0.417. The van der Waals surface area contributed by atoms with Crippen LogP contribution in [0.5, 0.6) is 0 Å². The Labute approximate surface area is 103 Å². The summed E-state index contributed by atoms with van der Waals surface area (Å²) in [6, 6.07) is 1.83. The first-order valence-electron chi connectivity index (χ1n) is 5.67. The van der Waals surface area contributed by atoms with Gasteiger partial charge in [-0.2, -0.15) is 0 Å². The predicted octanol–water partition coefficient (Wildman–Crippen LogP) is 1.54. The third-order valence-corrected chi connectivity index (χ3v) is 2.92. The standard InChI is InChI=1S/C12H13F3N2O/c1-7-6-17(5-4-16-7)12(18)8-2-3-9(13)11(15)10(8)14/h2-3,7,16H,4-6H2,1H3/t7-/m0/s1. The fourth-order valence-electron chi connectivity index (χ4n) is 1.98. The van der Waals surface area contributed by atoms with E-state index in [-0.39, 0.29) is 6.04 Å². The van der Waals surface area contributed by atoms with Crippen LogP contribution in [0.15, 0.2) is 12.1 Å². The van der Waals surface area contributed by atoms with Gasteiger partial charge in [-0.1, -0.05) is 0 Å². The molecule has 1 saturated heterocycles. The van der Waals surface area contributed by atoms with E-state index in [0.29, 0.717) is 19.6 Å². The summed E-state index contributed by atoms with van der Waals surface area (Å²) in [5.74, 6) is -4.94. The van der Waals surface area contributed by atoms with Gasteiger partial charge in [-0.05, 0) is 19.1 Å². The SMILES string of the molecule is C[C@H]1CN(C(=O)c2ccc(F)c(F)c2F)CCN1. The van der Waals surface area contributed by atoms with E-state index in [4.69, 9.17) is 0 Å². The highest BCUT2D eigenvalue weighted by molar-refractivity contribution is 5.94. The Balaban J connectivity index is 2.26. The molecule has 0 aromatic heterocycles. The number of carbonyl (C=O) groups excluding carboxylic acids is 1. The molecule has 1 aliphatic rings. The molecule has 98 valence electrons. The lowest BCUT2D eigenvalue weighted by Crippen LogP contribution is -2.51. The summed E-state index contributed by atoms with van der Waals surface area (Å²) in [4.78, 5) is 13.4. The lowest BCUT2D eigenvalue weighted by Gasteiger charge is -2.32. The maximum atomic E-state index is 13.5. The molecule has 0 spiro atoms. The number of piperazine rings is 1. The third kappa shape index (κ3) is 2.33. The second kappa shape index (κ2) is 4.97. The average Bonchev–Trinajstić information content (AvgIpc) is 2.35. The van der Waals surface area contributed by atoms with Crippen molar-refractivity contribution in [1.29, 1.82) is 0 Å². The third-order valence-electron chi connectivity index (χ3n) is 2.92. The monoisotopic (exact) mass is 258 g/mol. The minimum absolute atomic E-state index is 0.0936. The normalized spacial score (nSPS) is 20.0. The van der Waals surface area contributed by atoms with E-state index >= 15 is 0 Å². The van der Waals surface area contributed by atoms with Crippen LogP contribution in [0.2, 0.25) is 0 Å². The van der Waals surface area contributed by atoms with Gasteiger partial charge in [0.05, 0.1) is 5.56 Å². The highest BCUT2D eigenvalue weighted by Crippen LogP contribution is 2.17. The Bertz CT molecular complexity index is 479. The molecule has 1 atom stereocenters. The van der Waals surface area contributed by atoms with E-state index in [9.17, 15) is 18.0 Å². The van der Waals surface area contributed by atoms with Crippen LogP contribution in [0, 0.1) is 17.5 Å². The summed E-state index contributed by atoms with van der Waals surface area (Å²) in [6.45, 7) is 3.32. The molecular formula is C12H13F3N2O. The van der Waals surface area contributed by atoms with Crippen LogP contribution in [0.25, 0.3) is 0 Å². The maximum Gasteiger partial charge on any atom is 0.257 e.